The molecule has 4 heteroatoms. The molecule has 1 heterocycles. The van der Waals surface area contributed by atoms with Gasteiger partial charge in [-0.05, 0) is 31.4 Å². The molecule has 1 aromatic heterocycles. The molecule has 0 saturated heterocycles. The van der Waals surface area contributed by atoms with Crippen molar-refractivity contribution in [3.63, 3.8) is 0 Å². The number of thioether (sulfide) groups is 1. The Kier molecular flexibility index (Phi) is 4.42. The van der Waals surface area contributed by atoms with E-state index < -0.39 is 0 Å². The van der Waals surface area contributed by atoms with Crippen LogP contribution in [0.1, 0.15) is 30.3 Å². The molecule has 0 aliphatic rings. The summed E-state index contributed by atoms with van der Waals surface area (Å²) in [4.78, 5) is 0. The minimum atomic E-state index is 0.953. The van der Waals surface area contributed by atoms with E-state index >= 15 is 0 Å². The minimum Gasteiger partial charge on any atom is -0.306 e. The summed E-state index contributed by atoms with van der Waals surface area (Å²) in [5.74, 6) is 1.96. The monoisotopic (exact) mass is 261 g/mol. The van der Waals surface area contributed by atoms with Gasteiger partial charge in [0.2, 0.25) is 0 Å². The zero-order valence-electron chi connectivity index (χ0n) is 11.2. The van der Waals surface area contributed by atoms with Crippen LogP contribution in [0.2, 0.25) is 0 Å². The van der Waals surface area contributed by atoms with Gasteiger partial charge in [0.25, 0.3) is 0 Å². The standard InChI is InChI=1S/C14H19N3S/c1-4-9-17-12(3)15-16-14(17)18-10-13-8-6-5-7-11(13)2/h5-8H,4,9-10H2,1-3H3. The van der Waals surface area contributed by atoms with Crippen LogP contribution < -0.4 is 0 Å². The van der Waals surface area contributed by atoms with Crippen molar-refractivity contribution in [2.75, 3.05) is 0 Å². The molecular formula is C14H19N3S. The first-order chi connectivity index (χ1) is 8.72. The fourth-order valence-corrected chi connectivity index (χ4v) is 2.95. The molecule has 0 amide bonds. The number of hydrogen-bond acceptors (Lipinski definition) is 3. The Morgan fingerprint density at radius 2 is 1.94 bits per heavy atom. The van der Waals surface area contributed by atoms with E-state index in [4.69, 9.17) is 0 Å². The maximum atomic E-state index is 4.25. The van der Waals surface area contributed by atoms with Gasteiger partial charge in [-0.2, -0.15) is 0 Å². The van der Waals surface area contributed by atoms with E-state index in [2.05, 4.69) is 52.9 Å². The molecule has 0 aliphatic carbocycles. The van der Waals surface area contributed by atoms with Crippen LogP contribution in [0.4, 0.5) is 0 Å². The van der Waals surface area contributed by atoms with E-state index in [9.17, 15) is 0 Å². The van der Waals surface area contributed by atoms with Crippen LogP contribution in [0.3, 0.4) is 0 Å². The normalized spacial score (nSPS) is 10.8. The minimum absolute atomic E-state index is 0.953. The van der Waals surface area contributed by atoms with E-state index in [-0.39, 0.29) is 0 Å². The molecule has 3 nitrogen and oxygen atoms in total. The average Bonchev–Trinajstić information content (AvgIpc) is 2.71. The quantitative estimate of drug-likeness (QED) is 0.771. The molecule has 2 rings (SSSR count). The van der Waals surface area contributed by atoms with Crippen LogP contribution in [-0.2, 0) is 12.3 Å². The summed E-state index contributed by atoms with van der Waals surface area (Å²) in [6.45, 7) is 7.34. The Morgan fingerprint density at radius 3 is 2.67 bits per heavy atom. The van der Waals surface area contributed by atoms with Crippen molar-refractivity contribution < 1.29 is 0 Å². The molecule has 0 fully saturated rings. The Morgan fingerprint density at radius 1 is 1.17 bits per heavy atom. The lowest BCUT2D eigenvalue weighted by atomic mass is 10.1. The van der Waals surface area contributed by atoms with Crippen molar-refractivity contribution >= 4 is 11.8 Å². The van der Waals surface area contributed by atoms with Crippen molar-refractivity contribution in [1.29, 1.82) is 0 Å². The van der Waals surface area contributed by atoms with E-state index in [1.165, 1.54) is 11.1 Å². The number of nitrogens with zero attached hydrogens (tertiary/aromatic N) is 3. The van der Waals surface area contributed by atoms with Gasteiger partial charge in [0.15, 0.2) is 5.16 Å². The summed E-state index contributed by atoms with van der Waals surface area (Å²) < 4.78 is 2.20. The second kappa shape index (κ2) is 6.05. The van der Waals surface area contributed by atoms with Gasteiger partial charge in [-0.25, -0.2) is 0 Å². The lowest BCUT2D eigenvalue weighted by Crippen LogP contribution is -2.01. The molecular weight excluding hydrogens is 242 g/mol. The van der Waals surface area contributed by atoms with Crippen LogP contribution in [0.25, 0.3) is 0 Å². The third-order valence-corrected chi connectivity index (χ3v) is 3.98. The third-order valence-electron chi connectivity index (χ3n) is 2.97. The van der Waals surface area contributed by atoms with Crippen molar-refractivity contribution in [2.24, 2.45) is 0 Å². The van der Waals surface area contributed by atoms with Gasteiger partial charge >= 0.3 is 0 Å². The van der Waals surface area contributed by atoms with Crippen LogP contribution in [0, 0.1) is 13.8 Å². The zero-order valence-corrected chi connectivity index (χ0v) is 12.0. The molecule has 0 atom stereocenters. The topological polar surface area (TPSA) is 30.7 Å². The molecule has 0 aliphatic heterocycles. The van der Waals surface area contributed by atoms with Crippen molar-refractivity contribution in [1.82, 2.24) is 14.8 Å². The molecule has 96 valence electrons. The summed E-state index contributed by atoms with van der Waals surface area (Å²) in [6.07, 6.45) is 1.11. The maximum absolute atomic E-state index is 4.25. The number of rotatable bonds is 5. The smallest absolute Gasteiger partial charge is 0.191 e. The van der Waals surface area contributed by atoms with Crippen LogP contribution in [0.15, 0.2) is 29.4 Å². The van der Waals surface area contributed by atoms with Gasteiger partial charge in [0.05, 0.1) is 0 Å². The molecule has 0 radical (unpaired) electrons. The molecule has 0 saturated carbocycles. The lowest BCUT2D eigenvalue weighted by Gasteiger charge is -2.07. The van der Waals surface area contributed by atoms with E-state index in [0.717, 1.165) is 29.7 Å². The van der Waals surface area contributed by atoms with Gasteiger partial charge in [-0.1, -0.05) is 43.0 Å². The summed E-state index contributed by atoms with van der Waals surface area (Å²) in [6, 6.07) is 8.49. The predicted molar refractivity (Wildman–Crippen MR) is 75.8 cm³/mol. The first kappa shape index (κ1) is 13.1. The van der Waals surface area contributed by atoms with Gasteiger partial charge in [-0.15, -0.1) is 10.2 Å². The molecule has 0 N–H and O–H groups in total. The highest BCUT2D eigenvalue weighted by molar-refractivity contribution is 7.98. The van der Waals surface area contributed by atoms with E-state index in [1.807, 2.05) is 6.92 Å². The summed E-state index contributed by atoms with van der Waals surface area (Å²) in [5.41, 5.74) is 2.70. The molecule has 2 aromatic rings. The largest absolute Gasteiger partial charge is 0.306 e. The average molecular weight is 261 g/mol. The third kappa shape index (κ3) is 2.93. The molecule has 18 heavy (non-hydrogen) atoms. The highest BCUT2D eigenvalue weighted by atomic mass is 32.2. The fourth-order valence-electron chi connectivity index (χ4n) is 1.86. The summed E-state index contributed by atoms with van der Waals surface area (Å²) >= 11 is 1.76. The first-order valence-electron chi connectivity index (χ1n) is 6.29. The first-order valence-corrected chi connectivity index (χ1v) is 7.28. The molecule has 0 bridgehead atoms. The van der Waals surface area contributed by atoms with Gasteiger partial charge in [0, 0.05) is 12.3 Å². The number of benzene rings is 1. The van der Waals surface area contributed by atoms with Gasteiger partial charge in [-0.3, -0.25) is 0 Å². The van der Waals surface area contributed by atoms with Crippen molar-refractivity contribution in [3.05, 3.63) is 41.2 Å². The van der Waals surface area contributed by atoms with Gasteiger partial charge in [0.1, 0.15) is 5.82 Å². The Labute approximate surface area is 113 Å². The highest BCUT2D eigenvalue weighted by Gasteiger charge is 2.09. The van der Waals surface area contributed by atoms with Crippen LogP contribution in [0.5, 0.6) is 0 Å². The molecule has 0 spiro atoms. The number of aryl methyl sites for hydroxylation is 2. The SMILES string of the molecule is CCCn1c(C)nnc1SCc1ccccc1C. The Balaban J connectivity index is 2.09. The molecule has 0 unspecified atom stereocenters. The fraction of sp³-hybridized carbons (Fsp3) is 0.429. The Hall–Kier alpha value is -1.29. The second-order valence-corrected chi connectivity index (χ2v) is 5.34. The van der Waals surface area contributed by atoms with Crippen LogP contribution >= 0.6 is 11.8 Å². The van der Waals surface area contributed by atoms with Crippen molar-refractivity contribution in [3.8, 4) is 0 Å². The summed E-state index contributed by atoms with van der Waals surface area (Å²) in [5, 5.41) is 9.44. The second-order valence-electron chi connectivity index (χ2n) is 4.40. The van der Waals surface area contributed by atoms with Crippen molar-refractivity contribution in [2.45, 2.75) is 44.6 Å². The van der Waals surface area contributed by atoms with E-state index in [0.29, 0.717) is 0 Å². The maximum Gasteiger partial charge on any atom is 0.191 e. The molecule has 1 aromatic carbocycles. The number of aromatic nitrogens is 3. The van der Waals surface area contributed by atoms with Crippen LogP contribution in [-0.4, -0.2) is 14.8 Å². The highest BCUT2D eigenvalue weighted by Crippen LogP contribution is 2.23. The summed E-state index contributed by atoms with van der Waals surface area (Å²) in [7, 11) is 0. The number of hydrogen-bond donors (Lipinski definition) is 0. The lowest BCUT2D eigenvalue weighted by molar-refractivity contribution is 0.605. The van der Waals surface area contributed by atoms with E-state index in [1.54, 1.807) is 11.8 Å². The zero-order chi connectivity index (χ0) is 13.0. The predicted octanol–water partition coefficient (Wildman–Crippen LogP) is 3.60. The Bertz CT molecular complexity index is 520. The van der Waals surface area contributed by atoms with Gasteiger partial charge < -0.3 is 4.57 Å².